The number of carbonyl (C=O) groups is 3. The average Bonchev–Trinajstić information content (AvgIpc) is 3.16. The number of Topliss-reactive ketones (excluding diaryl/α,β-unsaturated/α-hetero) is 2. The van der Waals surface area contributed by atoms with Gasteiger partial charge in [0.2, 0.25) is 0 Å². The fourth-order valence-corrected chi connectivity index (χ4v) is 4.52. The third-order valence-electron chi connectivity index (χ3n) is 4.44. The van der Waals surface area contributed by atoms with Gasteiger partial charge in [-0.2, -0.15) is 0 Å². The summed E-state index contributed by atoms with van der Waals surface area (Å²) >= 11 is 0. The number of ether oxygens (including phenoxy) is 1. The Labute approximate surface area is 168 Å². The van der Waals surface area contributed by atoms with Gasteiger partial charge in [-0.25, -0.2) is 4.79 Å². The van der Waals surface area contributed by atoms with E-state index in [4.69, 9.17) is 4.74 Å². The van der Waals surface area contributed by atoms with Crippen LogP contribution < -0.4 is 10.1 Å². The van der Waals surface area contributed by atoms with E-state index in [2.05, 4.69) is 12.2 Å². The Morgan fingerprint density at radius 1 is 1.33 bits per heavy atom. The van der Waals surface area contributed by atoms with Crippen molar-refractivity contribution in [1.29, 1.82) is 0 Å². The molecule has 0 bridgehead atoms. The second kappa shape index (κ2) is 10.7. The van der Waals surface area contributed by atoms with Crippen LogP contribution in [-0.4, -0.2) is 54.0 Å². The van der Waals surface area contributed by atoms with E-state index in [0.29, 0.717) is 18.7 Å². The zero-order valence-corrected chi connectivity index (χ0v) is 17.5. The summed E-state index contributed by atoms with van der Waals surface area (Å²) in [6, 6.07) is 6.40. The Morgan fingerprint density at radius 2 is 2.07 bits per heavy atom. The Kier molecular flexibility index (Phi) is 8.66. The highest BCUT2D eigenvalue weighted by Crippen LogP contribution is 2.37. The molecule has 6 nitrogen and oxygen atoms in total. The molecular weight excluding hydrogens is 384 g/mol. The van der Waals surface area contributed by atoms with Crippen molar-refractivity contribution in [3.63, 3.8) is 0 Å². The standard InChI is InChI=1S/C19H26N2O4S2/c1-4-26-27-18-10-6-5-9-17(18)25-19(24)21-11-7-8-14(21)16(23)12-15(22)13(2)20-3/h5-6,9-10,13-14,20H,4,7-8,11-12H2,1-3H3/t13-,14-/m0/s1. The summed E-state index contributed by atoms with van der Waals surface area (Å²) in [4.78, 5) is 39.6. The van der Waals surface area contributed by atoms with Crippen molar-refractivity contribution >= 4 is 39.2 Å². The number of nitrogens with one attached hydrogen (secondary N) is 1. The van der Waals surface area contributed by atoms with Crippen LogP contribution in [0.2, 0.25) is 0 Å². The normalized spacial score (nSPS) is 17.6. The average molecular weight is 411 g/mol. The SMILES string of the molecule is CCSSc1ccccc1OC(=O)N1CCC[C@H]1C(=O)CC(=O)[C@H](C)NC. The number of hydrogen-bond donors (Lipinski definition) is 1. The first-order valence-corrected chi connectivity index (χ1v) is 11.4. The lowest BCUT2D eigenvalue weighted by molar-refractivity contribution is -0.130. The van der Waals surface area contributed by atoms with Gasteiger partial charge in [0.1, 0.15) is 5.75 Å². The van der Waals surface area contributed by atoms with E-state index < -0.39 is 12.1 Å². The molecule has 1 N–H and O–H groups in total. The molecule has 8 heteroatoms. The van der Waals surface area contributed by atoms with Gasteiger partial charge in [0.15, 0.2) is 11.6 Å². The van der Waals surface area contributed by atoms with Crippen LogP contribution in [0.4, 0.5) is 4.79 Å². The van der Waals surface area contributed by atoms with E-state index >= 15 is 0 Å². The number of likely N-dealkylation sites (tertiary alicyclic amines) is 1. The van der Waals surface area contributed by atoms with Gasteiger partial charge in [0.25, 0.3) is 0 Å². The molecule has 0 radical (unpaired) electrons. The van der Waals surface area contributed by atoms with E-state index in [1.165, 1.54) is 4.90 Å². The number of amides is 1. The van der Waals surface area contributed by atoms with Crippen LogP contribution in [-0.2, 0) is 9.59 Å². The summed E-state index contributed by atoms with van der Waals surface area (Å²) < 4.78 is 5.58. The van der Waals surface area contributed by atoms with Gasteiger partial charge in [0.05, 0.1) is 23.4 Å². The highest BCUT2D eigenvalue weighted by atomic mass is 33.1. The lowest BCUT2D eigenvalue weighted by Crippen LogP contribution is -2.43. The zero-order chi connectivity index (χ0) is 19.8. The number of para-hydroxylation sites is 1. The van der Waals surface area contributed by atoms with Crippen molar-refractivity contribution in [2.24, 2.45) is 0 Å². The Bertz CT molecular complexity index is 683. The molecule has 27 heavy (non-hydrogen) atoms. The highest BCUT2D eigenvalue weighted by Gasteiger charge is 2.36. The Morgan fingerprint density at radius 3 is 2.78 bits per heavy atom. The van der Waals surface area contributed by atoms with Crippen molar-refractivity contribution in [1.82, 2.24) is 10.2 Å². The number of nitrogens with zero attached hydrogens (tertiary/aromatic N) is 1. The maximum absolute atomic E-state index is 12.7. The minimum Gasteiger partial charge on any atom is -0.409 e. The first kappa shape index (κ1) is 21.8. The molecule has 1 fully saturated rings. The van der Waals surface area contributed by atoms with E-state index in [9.17, 15) is 14.4 Å². The summed E-state index contributed by atoms with van der Waals surface area (Å²) in [5, 5.41) is 2.84. The highest BCUT2D eigenvalue weighted by molar-refractivity contribution is 8.76. The fourth-order valence-electron chi connectivity index (χ4n) is 2.80. The first-order valence-electron chi connectivity index (χ1n) is 9.07. The van der Waals surface area contributed by atoms with Gasteiger partial charge in [-0.3, -0.25) is 14.5 Å². The van der Waals surface area contributed by atoms with Gasteiger partial charge in [-0.05, 0) is 38.9 Å². The van der Waals surface area contributed by atoms with E-state index in [-0.39, 0.29) is 24.0 Å². The van der Waals surface area contributed by atoms with Crippen LogP contribution in [0.3, 0.4) is 0 Å². The van der Waals surface area contributed by atoms with Crippen molar-refractivity contribution in [3.8, 4) is 5.75 Å². The van der Waals surface area contributed by atoms with Crippen LogP contribution in [0.25, 0.3) is 0 Å². The maximum Gasteiger partial charge on any atom is 0.415 e. The molecule has 0 unspecified atom stereocenters. The molecule has 1 heterocycles. The van der Waals surface area contributed by atoms with Crippen LogP contribution in [0.5, 0.6) is 5.75 Å². The molecule has 1 saturated heterocycles. The van der Waals surface area contributed by atoms with Crippen LogP contribution in [0.15, 0.2) is 29.2 Å². The quantitative estimate of drug-likeness (QED) is 0.493. The van der Waals surface area contributed by atoms with Crippen LogP contribution in [0, 0.1) is 0 Å². The van der Waals surface area contributed by atoms with Crippen LogP contribution in [0.1, 0.15) is 33.1 Å². The second-order valence-electron chi connectivity index (χ2n) is 6.28. The lowest BCUT2D eigenvalue weighted by atomic mass is 10.0. The molecule has 0 saturated carbocycles. The lowest BCUT2D eigenvalue weighted by Gasteiger charge is -2.23. The molecule has 2 atom stereocenters. The molecule has 1 aliphatic rings. The number of carbonyl (C=O) groups excluding carboxylic acids is 3. The number of hydrogen-bond acceptors (Lipinski definition) is 7. The number of rotatable bonds is 9. The van der Waals surface area contributed by atoms with Gasteiger partial charge in [-0.1, -0.05) is 40.6 Å². The Balaban J connectivity index is 2.03. The van der Waals surface area contributed by atoms with Gasteiger partial charge < -0.3 is 10.1 Å². The molecule has 1 aromatic carbocycles. The summed E-state index contributed by atoms with van der Waals surface area (Å²) in [6.07, 6.45) is 0.589. The zero-order valence-electron chi connectivity index (χ0n) is 15.9. The van der Waals surface area contributed by atoms with Crippen molar-refractivity contribution in [3.05, 3.63) is 24.3 Å². The maximum atomic E-state index is 12.7. The third-order valence-corrected chi connectivity index (χ3v) is 6.91. The van der Waals surface area contributed by atoms with Gasteiger partial charge >= 0.3 is 6.09 Å². The van der Waals surface area contributed by atoms with Crippen molar-refractivity contribution in [2.45, 2.75) is 50.1 Å². The molecule has 148 valence electrons. The van der Waals surface area contributed by atoms with Crippen molar-refractivity contribution in [2.75, 3.05) is 19.3 Å². The molecule has 1 aromatic rings. The molecule has 1 amide bonds. The molecule has 2 rings (SSSR count). The summed E-state index contributed by atoms with van der Waals surface area (Å²) in [5.41, 5.74) is 0. The van der Waals surface area contributed by atoms with Crippen LogP contribution >= 0.6 is 21.6 Å². The van der Waals surface area contributed by atoms with E-state index in [1.807, 2.05) is 18.2 Å². The second-order valence-corrected chi connectivity index (χ2v) is 8.90. The fraction of sp³-hybridized carbons (Fsp3) is 0.526. The van der Waals surface area contributed by atoms with Gasteiger partial charge in [-0.15, -0.1) is 0 Å². The summed E-state index contributed by atoms with van der Waals surface area (Å²) in [7, 11) is 4.90. The van der Waals surface area contributed by atoms with Crippen molar-refractivity contribution < 1.29 is 19.1 Å². The van der Waals surface area contributed by atoms with E-state index in [1.54, 1.807) is 41.6 Å². The molecule has 0 aromatic heterocycles. The monoisotopic (exact) mass is 410 g/mol. The summed E-state index contributed by atoms with van der Waals surface area (Å²) in [5.74, 6) is 1.04. The molecule has 0 aliphatic carbocycles. The third kappa shape index (κ3) is 5.99. The topological polar surface area (TPSA) is 75.7 Å². The van der Waals surface area contributed by atoms with Gasteiger partial charge in [0, 0.05) is 12.3 Å². The molecule has 0 spiro atoms. The van der Waals surface area contributed by atoms with E-state index in [0.717, 1.165) is 17.1 Å². The largest absolute Gasteiger partial charge is 0.415 e. The number of benzene rings is 1. The minimum absolute atomic E-state index is 0.166. The summed E-state index contributed by atoms with van der Waals surface area (Å²) in [6.45, 7) is 4.24. The molecule has 1 aliphatic heterocycles. The first-order chi connectivity index (χ1) is 13.0. The minimum atomic E-state index is -0.588. The number of ketones is 2. The number of likely N-dealkylation sites (N-methyl/N-ethyl adjacent to an activating group) is 1. The predicted molar refractivity (Wildman–Crippen MR) is 109 cm³/mol. The smallest absolute Gasteiger partial charge is 0.409 e. The molecular formula is C19H26N2O4S2. The Hall–Kier alpha value is -1.51. The predicted octanol–water partition coefficient (Wildman–Crippen LogP) is 3.55.